The van der Waals surface area contributed by atoms with Gasteiger partial charge in [0, 0.05) is 5.03 Å². The molecule has 11 heavy (non-hydrogen) atoms. The summed E-state index contributed by atoms with van der Waals surface area (Å²) >= 11 is 22.4. The zero-order valence-electron chi connectivity index (χ0n) is 5.19. The molecule has 0 aromatic heterocycles. The maximum absolute atomic E-state index is 9.26. The van der Waals surface area contributed by atoms with Gasteiger partial charge in [0.1, 0.15) is 6.10 Å². The second kappa shape index (κ2) is 3.15. The molecule has 1 aliphatic carbocycles. The number of alkyl halides is 2. The lowest BCUT2D eigenvalue weighted by Crippen LogP contribution is -2.31. The van der Waals surface area contributed by atoms with Gasteiger partial charge in [-0.2, -0.15) is 0 Å². The van der Waals surface area contributed by atoms with Crippen molar-refractivity contribution in [3.63, 3.8) is 0 Å². The third kappa shape index (κ3) is 2.04. The van der Waals surface area contributed by atoms with E-state index in [1.807, 2.05) is 0 Å². The molecule has 62 valence electrons. The van der Waals surface area contributed by atoms with Crippen molar-refractivity contribution >= 4 is 46.4 Å². The Morgan fingerprint density at radius 1 is 1.36 bits per heavy atom. The van der Waals surface area contributed by atoms with Gasteiger partial charge in [-0.25, -0.2) is 0 Å². The molecular formula is C6H4Cl4O. The molecule has 0 heterocycles. The number of hydrogen-bond donors (Lipinski definition) is 1. The van der Waals surface area contributed by atoms with Crippen LogP contribution in [0.1, 0.15) is 0 Å². The third-order valence-electron chi connectivity index (χ3n) is 1.23. The summed E-state index contributed by atoms with van der Waals surface area (Å²) in [6.07, 6.45) is 1.63. The fourth-order valence-electron chi connectivity index (χ4n) is 0.699. The van der Waals surface area contributed by atoms with Crippen molar-refractivity contribution in [2.24, 2.45) is 0 Å². The molecule has 1 atom stereocenters. The summed E-state index contributed by atoms with van der Waals surface area (Å²) in [4.78, 5) is 0. The van der Waals surface area contributed by atoms with Crippen molar-refractivity contribution in [2.45, 2.75) is 10.4 Å². The monoisotopic (exact) mass is 232 g/mol. The average molecular weight is 234 g/mol. The zero-order chi connectivity index (χ0) is 8.65. The summed E-state index contributed by atoms with van der Waals surface area (Å²) in [6, 6.07) is 0. The quantitative estimate of drug-likeness (QED) is 0.639. The largest absolute Gasteiger partial charge is 0.384 e. The fraction of sp³-hybridized carbons (Fsp3) is 0.333. The molecule has 0 fully saturated rings. The highest BCUT2D eigenvalue weighted by atomic mass is 35.5. The molecule has 0 aromatic rings. The van der Waals surface area contributed by atoms with Crippen LogP contribution in [-0.4, -0.2) is 15.5 Å². The van der Waals surface area contributed by atoms with Gasteiger partial charge in [0.05, 0.1) is 5.03 Å². The first-order chi connectivity index (χ1) is 4.93. The van der Waals surface area contributed by atoms with Crippen LogP contribution in [0.15, 0.2) is 22.2 Å². The van der Waals surface area contributed by atoms with Gasteiger partial charge < -0.3 is 5.11 Å². The molecule has 1 nitrogen and oxygen atoms in total. The van der Waals surface area contributed by atoms with E-state index in [2.05, 4.69) is 0 Å². The van der Waals surface area contributed by atoms with Crippen LogP contribution in [0.2, 0.25) is 0 Å². The summed E-state index contributed by atoms with van der Waals surface area (Å²) < 4.78 is -1.41. The van der Waals surface area contributed by atoms with Crippen molar-refractivity contribution in [2.75, 3.05) is 0 Å². The lowest BCUT2D eigenvalue weighted by atomic mass is 10.1. The van der Waals surface area contributed by atoms with Crippen molar-refractivity contribution in [3.05, 3.63) is 22.2 Å². The number of halogens is 4. The first-order valence-corrected chi connectivity index (χ1v) is 4.26. The maximum Gasteiger partial charge on any atom is 0.168 e. The molecule has 1 N–H and O–H groups in total. The Bertz CT molecular complexity index is 231. The number of aliphatic hydroxyl groups excluding tert-OH is 1. The van der Waals surface area contributed by atoms with Gasteiger partial charge in [0.25, 0.3) is 0 Å². The Labute approximate surface area is 84.2 Å². The molecule has 0 amide bonds. The van der Waals surface area contributed by atoms with Gasteiger partial charge in [-0.3, -0.25) is 0 Å². The third-order valence-corrected chi connectivity index (χ3v) is 2.40. The van der Waals surface area contributed by atoms with Crippen LogP contribution < -0.4 is 0 Å². The van der Waals surface area contributed by atoms with E-state index in [9.17, 15) is 5.11 Å². The van der Waals surface area contributed by atoms with Gasteiger partial charge in [-0.1, -0.05) is 46.4 Å². The van der Waals surface area contributed by atoms with Gasteiger partial charge >= 0.3 is 0 Å². The van der Waals surface area contributed by atoms with Crippen molar-refractivity contribution in [3.8, 4) is 0 Å². The summed E-state index contributed by atoms with van der Waals surface area (Å²) in [5.74, 6) is 0. The molecule has 0 bridgehead atoms. The number of hydrogen-bond acceptors (Lipinski definition) is 1. The van der Waals surface area contributed by atoms with E-state index in [0.29, 0.717) is 5.03 Å². The summed E-state index contributed by atoms with van der Waals surface area (Å²) in [7, 11) is 0. The molecule has 0 saturated heterocycles. The first kappa shape index (κ1) is 9.69. The van der Waals surface area contributed by atoms with E-state index in [4.69, 9.17) is 46.4 Å². The topological polar surface area (TPSA) is 20.2 Å². The van der Waals surface area contributed by atoms with Crippen LogP contribution in [-0.2, 0) is 0 Å². The highest BCUT2D eigenvalue weighted by Crippen LogP contribution is 2.38. The van der Waals surface area contributed by atoms with E-state index in [1.54, 1.807) is 0 Å². The SMILES string of the molecule is OC1C(Cl)=CC(Cl)=CC1(Cl)Cl. The van der Waals surface area contributed by atoms with E-state index in [0.717, 1.165) is 0 Å². The van der Waals surface area contributed by atoms with Crippen LogP contribution in [0.4, 0.5) is 0 Å². The Kier molecular flexibility index (Phi) is 2.78. The summed E-state index contributed by atoms with van der Waals surface area (Å²) in [6.45, 7) is 0. The van der Waals surface area contributed by atoms with Gasteiger partial charge in [0.15, 0.2) is 4.33 Å². The van der Waals surface area contributed by atoms with Crippen LogP contribution in [0.25, 0.3) is 0 Å². The van der Waals surface area contributed by atoms with Crippen molar-refractivity contribution in [1.29, 1.82) is 0 Å². The first-order valence-electron chi connectivity index (χ1n) is 2.75. The maximum atomic E-state index is 9.26. The van der Waals surface area contributed by atoms with E-state index in [-0.39, 0.29) is 5.03 Å². The highest BCUT2D eigenvalue weighted by molar-refractivity contribution is 6.52. The fourth-order valence-corrected chi connectivity index (χ4v) is 2.03. The van der Waals surface area contributed by atoms with Crippen LogP contribution >= 0.6 is 46.4 Å². The predicted molar refractivity (Wildman–Crippen MR) is 48.3 cm³/mol. The standard InChI is InChI=1S/C6H4Cl4O/c7-3-1-4(8)5(11)6(9,10)2-3/h1-2,5,11H. The highest BCUT2D eigenvalue weighted by Gasteiger charge is 2.36. The minimum absolute atomic E-state index is 0.141. The minimum atomic E-state index is -1.41. The normalized spacial score (nSPS) is 29.4. The molecule has 0 saturated carbocycles. The second-order valence-corrected chi connectivity index (χ2v) is 4.45. The average Bonchev–Trinajstić information content (AvgIpc) is 1.81. The molecule has 0 spiro atoms. The lowest BCUT2D eigenvalue weighted by molar-refractivity contribution is 0.212. The molecule has 1 aliphatic rings. The molecule has 5 heteroatoms. The predicted octanol–water partition coefficient (Wildman–Crippen LogP) is 2.78. The smallest absolute Gasteiger partial charge is 0.168 e. The summed E-state index contributed by atoms with van der Waals surface area (Å²) in [5, 5.41) is 9.72. The van der Waals surface area contributed by atoms with Crippen LogP contribution in [0, 0.1) is 0 Å². The lowest BCUT2D eigenvalue weighted by Gasteiger charge is -2.25. The zero-order valence-corrected chi connectivity index (χ0v) is 8.21. The Morgan fingerprint density at radius 2 is 1.91 bits per heavy atom. The van der Waals surface area contributed by atoms with E-state index in [1.165, 1.54) is 12.2 Å². The van der Waals surface area contributed by atoms with E-state index < -0.39 is 10.4 Å². The molecular weight excluding hydrogens is 230 g/mol. The van der Waals surface area contributed by atoms with Gasteiger partial charge in [0.2, 0.25) is 0 Å². The number of allylic oxidation sites excluding steroid dienone is 2. The number of aliphatic hydroxyl groups is 1. The van der Waals surface area contributed by atoms with Crippen molar-refractivity contribution < 1.29 is 5.11 Å². The molecule has 0 radical (unpaired) electrons. The van der Waals surface area contributed by atoms with Crippen LogP contribution in [0.5, 0.6) is 0 Å². The molecule has 0 aliphatic heterocycles. The van der Waals surface area contributed by atoms with E-state index >= 15 is 0 Å². The van der Waals surface area contributed by atoms with Crippen LogP contribution in [0.3, 0.4) is 0 Å². The Hall–Kier alpha value is 0.600. The van der Waals surface area contributed by atoms with Crippen molar-refractivity contribution in [1.82, 2.24) is 0 Å². The molecule has 1 rings (SSSR count). The minimum Gasteiger partial charge on any atom is -0.384 e. The van der Waals surface area contributed by atoms with Gasteiger partial charge in [-0.05, 0) is 12.2 Å². The Balaban J connectivity index is 3.01. The second-order valence-electron chi connectivity index (χ2n) is 2.14. The summed E-state index contributed by atoms with van der Waals surface area (Å²) in [5.41, 5.74) is 0. The van der Waals surface area contributed by atoms with Gasteiger partial charge in [-0.15, -0.1) is 0 Å². The molecule has 0 aromatic carbocycles. The molecule has 1 unspecified atom stereocenters. The number of rotatable bonds is 0. The Morgan fingerprint density at radius 3 is 2.36 bits per heavy atom.